The molecular formula is C22H25N5O2. The maximum atomic E-state index is 11.9. The highest BCUT2D eigenvalue weighted by molar-refractivity contribution is 5.96. The highest BCUT2D eigenvalue weighted by atomic mass is 16.4. The summed E-state index contributed by atoms with van der Waals surface area (Å²) >= 11 is 0. The van der Waals surface area contributed by atoms with Crippen LogP contribution in [0.3, 0.4) is 0 Å². The standard InChI is InChI=1S/C22H25N5O2/c1-14-4-3-5-15(2)18(14)21-26-19(20(23)28)22(29-21)25-16-6-8-17(9-7-16)27-12-10-24-11-13-27/h3-9,24-25H,10-13H2,1-2H3,(H2,23,28). The van der Waals surface area contributed by atoms with Crippen LogP contribution in [-0.2, 0) is 0 Å². The van der Waals surface area contributed by atoms with Gasteiger partial charge >= 0.3 is 0 Å². The summed E-state index contributed by atoms with van der Waals surface area (Å²) < 4.78 is 5.93. The molecule has 7 nitrogen and oxygen atoms in total. The Balaban J connectivity index is 1.61. The maximum absolute atomic E-state index is 11.9. The maximum Gasteiger partial charge on any atom is 0.273 e. The van der Waals surface area contributed by atoms with Crippen molar-refractivity contribution >= 4 is 23.2 Å². The van der Waals surface area contributed by atoms with Crippen molar-refractivity contribution in [2.75, 3.05) is 36.4 Å². The fourth-order valence-electron chi connectivity index (χ4n) is 3.64. The first-order valence-corrected chi connectivity index (χ1v) is 9.73. The van der Waals surface area contributed by atoms with Gasteiger partial charge in [-0.3, -0.25) is 4.79 Å². The average Bonchev–Trinajstić information content (AvgIpc) is 3.13. The number of carbonyl (C=O) groups excluding carboxylic acids is 1. The van der Waals surface area contributed by atoms with E-state index in [2.05, 4.69) is 32.7 Å². The van der Waals surface area contributed by atoms with Gasteiger partial charge in [0.1, 0.15) is 0 Å². The molecule has 0 unspecified atom stereocenters. The number of benzene rings is 2. The molecule has 1 aliphatic heterocycles. The number of hydrogen-bond donors (Lipinski definition) is 3. The third kappa shape index (κ3) is 3.95. The number of primary amides is 1. The first kappa shape index (κ1) is 19.0. The van der Waals surface area contributed by atoms with Crippen molar-refractivity contribution in [2.24, 2.45) is 5.73 Å². The van der Waals surface area contributed by atoms with Crippen molar-refractivity contribution < 1.29 is 9.21 Å². The van der Waals surface area contributed by atoms with Crippen LogP contribution in [0.15, 0.2) is 46.9 Å². The second-order valence-corrected chi connectivity index (χ2v) is 7.24. The van der Waals surface area contributed by atoms with Gasteiger partial charge in [0.05, 0.1) is 0 Å². The van der Waals surface area contributed by atoms with Gasteiger partial charge in [0.15, 0.2) is 5.69 Å². The van der Waals surface area contributed by atoms with Gasteiger partial charge < -0.3 is 25.7 Å². The van der Waals surface area contributed by atoms with Gasteiger partial charge in [0.2, 0.25) is 11.8 Å². The van der Waals surface area contributed by atoms with Crippen LogP contribution in [0.4, 0.5) is 17.3 Å². The summed E-state index contributed by atoms with van der Waals surface area (Å²) in [6.45, 7) is 7.92. The third-order valence-corrected chi connectivity index (χ3v) is 5.16. The Morgan fingerprint density at radius 1 is 1.10 bits per heavy atom. The number of carbonyl (C=O) groups is 1. The predicted octanol–water partition coefficient (Wildman–Crippen LogP) is 3.21. The number of nitrogens with one attached hydrogen (secondary N) is 2. The SMILES string of the molecule is Cc1cccc(C)c1-c1nc(C(N)=O)c(Nc2ccc(N3CCNCC3)cc2)o1. The van der Waals surface area contributed by atoms with Crippen LogP contribution in [0.25, 0.3) is 11.5 Å². The molecule has 0 radical (unpaired) electrons. The van der Waals surface area contributed by atoms with Crippen LogP contribution in [0, 0.1) is 13.8 Å². The Morgan fingerprint density at radius 2 is 1.76 bits per heavy atom. The molecule has 0 atom stereocenters. The number of hydrogen-bond acceptors (Lipinski definition) is 6. The van der Waals surface area contributed by atoms with E-state index < -0.39 is 5.91 Å². The third-order valence-electron chi connectivity index (χ3n) is 5.16. The van der Waals surface area contributed by atoms with Gasteiger partial charge in [-0.15, -0.1) is 0 Å². The van der Waals surface area contributed by atoms with Crippen molar-refractivity contribution in [3.05, 3.63) is 59.3 Å². The first-order chi connectivity index (χ1) is 14.0. The number of anilines is 3. The van der Waals surface area contributed by atoms with Gasteiger partial charge in [0.25, 0.3) is 5.91 Å². The molecule has 1 saturated heterocycles. The number of oxazole rings is 1. The normalized spacial score (nSPS) is 14.1. The largest absolute Gasteiger partial charge is 0.419 e. The zero-order chi connectivity index (χ0) is 20.4. The molecule has 3 aromatic rings. The number of aryl methyl sites for hydroxylation is 2. The highest BCUT2D eigenvalue weighted by Crippen LogP contribution is 2.32. The first-order valence-electron chi connectivity index (χ1n) is 9.73. The number of amides is 1. The van der Waals surface area contributed by atoms with Gasteiger partial charge in [-0.2, -0.15) is 0 Å². The summed E-state index contributed by atoms with van der Waals surface area (Å²) in [6, 6.07) is 14.0. The van der Waals surface area contributed by atoms with Crippen LogP contribution in [-0.4, -0.2) is 37.1 Å². The van der Waals surface area contributed by atoms with Crippen molar-refractivity contribution in [1.29, 1.82) is 0 Å². The van der Waals surface area contributed by atoms with Gasteiger partial charge in [-0.05, 0) is 49.2 Å². The second-order valence-electron chi connectivity index (χ2n) is 7.24. The number of rotatable bonds is 5. The number of nitrogens with two attached hydrogens (primary N) is 1. The molecule has 150 valence electrons. The van der Waals surface area contributed by atoms with E-state index in [1.54, 1.807) is 0 Å². The summed E-state index contributed by atoms with van der Waals surface area (Å²) in [5.41, 5.74) is 10.5. The van der Waals surface area contributed by atoms with E-state index >= 15 is 0 Å². The van der Waals surface area contributed by atoms with E-state index in [9.17, 15) is 4.79 Å². The van der Waals surface area contributed by atoms with E-state index in [0.717, 1.165) is 48.6 Å². The lowest BCUT2D eigenvalue weighted by atomic mass is 10.0. The zero-order valence-corrected chi connectivity index (χ0v) is 16.7. The molecule has 2 aromatic carbocycles. The Hall–Kier alpha value is -3.32. The lowest BCUT2D eigenvalue weighted by Crippen LogP contribution is -2.43. The quantitative estimate of drug-likeness (QED) is 0.618. The Morgan fingerprint density at radius 3 is 2.38 bits per heavy atom. The molecule has 1 fully saturated rings. The van der Waals surface area contributed by atoms with Crippen LogP contribution in [0.2, 0.25) is 0 Å². The molecule has 0 bridgehead atoms. The number of piperazine rings is 1. The van der Waals surface area contributed by atoms with Crippen LogP contribution in [0.1, 0.15) is 21.6 Å². The fourth-order valence-corrected chi connectivity index (χ4v) is 3.64. The minimum absolute atomic E-state index is 0.0915. The summed E-state index contributed by atoms with van der Waals surface area (Å²) in [7, 11) is 0. The lowest BCUT2D eigenvalue weighted by Gasteiger charge is -2.29. The van der Waals surface area contributed by atoms with Crippen LogP contribution >= 0.6 is 0 Å². The Bertz CT molecular complexity index is 1000. The smallest absolute Gasteiger partial charge is 0.273 e. The minimum atomic E-state index is -0.633. The van der Waals surface area contributed by atoms with E-state index in [1.807, 2.05) is 44.2 Å². The topological polar surface area (TPSA) is 96.4 Å². The van der Waals surface area contributed by atoms with Gasteiger partial charge in [0, 0.05) is 43.1 Å². The number of nitrogens with zero attached hydrogens (tertiary/aromatic N) is 2. The summed E-state index contributed by atoms with van der Waals surface area (Å²) in [5.74, 6) is 0.00517. The highest BCUT2D eigenvalue weighted by Gasteiger charge is 2.21. The fraction of sp³-hybridized carbons (Fsp3) is 0.273. The molecule has 29 heavy (non-hydrogen) atoms. The molecule has 1 aliphatic rings. The van der Waals surface area contributed by atoms with Crippen molar-refractivity contribution in [2.45, 2.75) is 13.8 Å². The summed E-state index contributed by atoms with van der Waals surface area (Å²) in [6.07, 6.45) is 0. The molecule has 4 rings (SSSR count). The second kappa shape index (κ2) is 7.97. The van der Waals surface area contributed by atoms with E-state index in [0.29, 0.717) is 5.89 Å². The van der Waals surface area contributed by atoms with E-state index in [4.69, 9.17) is 10.2 Å². The van der Waals surface area contributed by atoms with Crippen LogP contribution in [0.5, 0.6) is 0 Å². The van der Waals surface area contributed by atoms with E-state index in [-0.39, 0.29) is 11.6 Å². The lowest BCUT2D eigenvalue weighted by molar-refractivity contribution is 0.0996. The molecule has 0 aliphatic carbocycles. The van der Waals surface area contributed by atoms with Crippen molar-refractivity contribution in [1.82, 2.24) is 10.3 Å². The number of aromatic nitrogens is 1. The molecular weight excluding hydrogens is 366 g/mol. The zero-order valence-electron chi connectivity index (χ0n) is 16.7. The predicted molar refractivity (Wildman–Crippen MR) is 115 cm³/mol. The average molecular weight is 391 g/mol. The van der Waals surface area contributed by atoms with Gasteiger partial charge in [-0.1, -0.05) is 18.2 Å². The van der Waals surface area contributed by atoms with Crippen LogP contribution < -0.4 is 21.3 Å². The Labute approximate surface area is 169 Å². The summed E-state index contributed by atoms with van der Waals surface area (Å²) in [4.78, 5) is 18.6. The van der Waals surface area contributed by atoms with Crippen molar-refractivity contribution in [3.8, 4) is 11.5 Å². The molecule has 7 heteroatoms. The monoisotopic (exact) mass is 391 g/mol. The Kier molecular flexibility index (Phi) is 5.22. The molecule has 2 heterocycles. The molecule has 0 spiro atoms. The van der Waals surface area contributed by atoms with Crippen molar-refractivity contribution in [3.63, 3.8) is 0 Å². The molecule has 1 amide bonds. The van der Waals surface area contributed by atoms with E-state index in [1.165, 1.54) is 5.69 Å². The molecule has 4 N–H and O–H groups in total. The minimum Gasteiger partial charge on any atom is -0.419 e. The summed E-state index contributed by atoms with van der Waals surface area (Å²) in [5, 5.41) is 6.50. The van der Waals surface area contributed by atoms with Gasteiger partial charge in [-0.25, -0.2) is 4.98 Å². The molecule has 1 aromatic heterocycles. The molecule has 0 saturated carbocycles.